The first-order chi connectivity index (χ1) is 8.90. The minimum absolute atomic E-state index is 0.740. The third kappa shape index (κ3) is 3.49. The maximum atomic E-state index is 5.11. The predicted octanol–water partition coefficient (Wildman–Crippen LogP) is 4.45. The summed E-state index contributed by atoms with van der Waals surface area (Å²) in [6, 6.07) is 19.2. The van der Waals surface area contributed by atoms with Crippen LogP contribution in [-0.2, 0) is 11.2 Å². The van der Waals surface area contributed by atoms with Gasteiger partial charge in [-0.15, -0.1) is 0 Å². The molecule has 0 bridgehead atoms. The lowest BCUT2D eigenvalue weighted by Gasteiger charge is -2.04. The molecule has 0 fully saturated rings. The summed E-state index contributed by atoms with van der Waals surface area (Å²) in [5, 5.41) is 0. The van der Waals surface area contributed by atoms with Gasteiger partial charge in [-0.1, -0.05) is 61.2 Å². The molecule has 1 heteroatoms. The highest BCUT2D eigenvalue weighted by Gasteiger charge is 1.97. The molecule has 2 aromatic carbocycles. The van der Waals surface area contributed by atoms with Gasteiger partial charge in [-0.05, 0) is 29.5 Å². The maximum Gasteiger partial charge on any atom is 0.0876 e. The molecule has 0 heterocycles. The summed E-state index contributed by atoms with van der Waals surface area (Å²) in [5.41, 5.74) is 3.88. The fourth-order valence-corrected chi connectivity index (χ4v) is 1.94. The largest absolute Gasteiger partial charge is 0.502 e. The quantitative estimate of drug-likeness (QED) is 0.534. The average molecular weight is 238 g/mol. The van der Waals surface area contributed by atoms with Crippen molar-refractivity contribution in [2.45, 2.75) is 12.8 Å². The summed E-state index contributed by atoms with van der Waals surface area (Å²) in [6.45, 7) is 4.27. The lowest BCUT2D eigenvalue weighted by atomic mass is 10.0. The molecule has 0 unspecified atom stereocenters. The molecule has 18 heavy (non-hydrogen) atoms. The van der Waals surface area contributed by atoms with E-state index in [-0.39, 0.29) is 0 Å². The number of hydrogen-bond donors (Lipinski definition) is 0. The summed E-state index contributed by atoms with van der Waals surface area (Å²) in [7, 11) is 0. The van der Waals surface area contributed by atoms with Crippen LogP contribution in [-0.4, -0.2) is 6.61 Å². The molecule has 2 aromatic rings. The van der Waals surface area contributed by atoms with Gasteiger partial charge in [0.2, 0.25) is 0 Å². The Morgan fingerprint density at radius 3 is 2.22 bits per heavy atom. The molecule has 0 aromatic heterocycles. The van der Waals surface area contributed by atoms with Crippen molar-refractivity contribution in [2.75, 3.05) is 6.61 Å². The van der Waals surface area contributed by atoms with Crippen molar-refractivity contribution in [3.8, 4) is 11.1 Å². The van der Waals surface area contributed by atoms with Crippen LogP contribution in [0.4, 0.5) is 0 Å². The second kappa shape index (κ2) is 6.65. The Hall–Kier alpha value is -2.02. The van der Waals surface area contributed by atoms with Crippen LogP contribution >= 0.6 is 0 Å². The summed E-state index contributed by atoms with van der Waals surface area (Å²) in [6.07, 6.45) is 3.57. The molecule has 92 valence electrons. The SMILES string of the molecule is C=COCCCc1ccc(-c2ccccc2)cc1. The lowest BCUT2D eigenvalue weighted by molar-refractivity contribution is 0.246. The molecule has 0 saturated heterocycles. The molecule has 0 N–H and O–H groups in total. The van der Waals surface area contributed by atoms with E-state index >= 15 is 0 Å². The number of aryl methyl sites for hydroxylation is 1. The Morgan fingerprint density at radius 2 is 1.56 bits per heavy atom. The molecule has 0 aliphatic carbocycles. The smallest absolute Gasteiger partial charge is 0.0876 e. The van der Waals surface area contributed by atoms with Crippen LogP contribution in [0.15, 0.2) is 67.4 Å². The van der Waals surface area contributed by atoms with Gasteiger partial charge in [0.1, 0.15) is 0 Å². The molecule has 1 nitrogen and oxygen atoms in total. The van der Waals surface area contributed by atoms with E-state index in [1.165, 1.54) is 23.0 Å². The van der Waals surface area contributed by atoms with E-state index < -0.39 is 0 Å². The normalized spacial score (nSPS) is 10.0. The maximum absolute atomic E-state index is 5.11. The highest BCUT2D eigenvalue weighted by atomic mass is 16.5. The molecule has 0 aliphatic rings. The lowest BCUT2D eigenvalue weighted by Crippen LogP contribution is -1.91. The molecular weight excluding hydrogens is 220 g/mol. The molecule has 0 saturated carbocycles. The summed E-state index contributed by atoms with van der Waals surface area (Å²) in [5.74, 6) is 0. The fraction of sp³-hybridized carbons (Fsp3) is 0.176. The van der Waals surface area contributed by atoms with E-state index in [1.807, 2.05) is 6.07 Å². The number of rotatable bonds is 6. The molecule has 0 spiro atoms. The minimum atomic E-state index is 0.740. The van der Waals surface area contributed by atoms with Crippen LogP contribution in [0.3, 0.4) is 0 Å². The van der Waals surface area contributed by atoms with Gasteiger partial charge >= 0.3 is 0 Å². The zero-order valence-corrected chi connectivity index (χ0v) is 10.5. The molecule has 0 atom stereocenters. The minimum Gasteiger partial charge on any atom is -0.502 e. The second-order valence-corrected chi connectivity index (χ2v) is 4.20. The molecular formula is C17H18O. The standard InChI is InChI=1S/C17H18O/c1-2-18-14-6-7-15-10-12-17(13-11-15)16-8-4-3-5-9-16/h2-5,8-13H,1,6-7,14H2. The summed E-state index contributed by atoms with van der Waals surface area (Å²) >= 11 is 0. The second-order valence-electron chi connectivity index (χ2n) is 4.20. The van der Waals surface area contributed by atoms with Gasteiger partial charge in [0.05, 0.1) is 12.9 Å². The predicted molar refractivity (Wildman–Crippen MR) is 76.3 cm³/mol. The first-order valence-corrected chi connectivity index (χ1v) is 6.27. The highest BCUT2D eigenvalue weighted by Crippen LogP contribution is 2.19. The van der Waals surface area contributed by atoms with Gasteiger partial charge in [0, 0.05) is 0 Å². The van der Waals surface area contributed by atoms with Gasteiger partial charge in [0.15, 0.2) is 0 Å². The van der Waals surface area contributed by atoms with Crippen LogP contribution in [0.2, 0.25) is 0 Å². The van der Waals surface area contributed by atoms with Gasteiger partial charge in [-0.3, -0.25) is 0 Å². The number of ether oxygens (including phenoxy) is 1. The first-order valence-electron chi connectivity index (χ1n) is 6.27. The molecule has 0 aliphatic heterocycles. The van der Waals surface area contributed by atoms with E-state index in [0.717, 1.165) is 19.4 Å². The van der Waals surface area contributed by atoms with E-state index in [4.69, 9.17) is 4.74 Å². The van der Waals surface area contributed by atoms with Crippen molar-refractivity contribution < 1.29 is 4.74 Å². The zero-order chi connectivity index (χ0) is 12.6. The topological polar surface area (TPSA) is 9.23 Å². The van der Waals surface area contributed by atoms with Crippen molar-refractivity contribution in [2.24, 2.45) is 0 Å². The van der Waals surface area contributed by atoms with Crippen molar-refractivity contribution >= 4 is 0 Å². The van der Waals surface area contributed by atoms with Crippen LogP contribution in [0.5, 0.6) is 0 Å². The van der Waals surface area contributed by atoms with E-state index in [1.54, 1.807) is 0 Å². The van der Waals surface area contributed by atoms with Crippen molar-refractivity contribution in [3.05, 3.63) is 73.0 Å². The van der Waals surface area contributed by atoms with Crippen molar-refractivity contribution in [1.82, 2.24) is 0 Å². The first kappa shape index (κ1) is 12.4. The Labute approximate surface area is 109 Å². The van der Waals surface area contributed by atoms with Crippen LogP contribution < -0.4 is 0 Å². The monoisotopic (exact) mass is 238 g/mol. The fourth-order valence-electron chi connectivity index (χ4n) is 1.94. The average Bonchev–Trinajstić information content (AvgIpc) is 2.45. The van der Waals surface area contributed by atoms with E-state index in [0.29, 0.717) is 0 Å². The van der Waals surface area contributed by atoms with Gasteiger partial charge in [-0.25, -0.2) is 0 Å². The Bertz CT molecular complexity index is 471. The van der Waals surface area contributed by atoms with Crippen LogP contribution in [0.25, 0.3) is 11.1 Å². The Kier molecular flexibility index (Phi) is 4.60. The van der Waals surface area contributed by atoms with Crippen molar-refractivity contribution in [1.29, 1.82) is 0 Å². The number of hydrogen-bond acceptors (Lipinski definition) is 1. The van der Waals surface area contributed by atoms with Crippen molar-refractivity contribution in [3.63, 3.8) is 0 Å². The third-order valence-corrected chi connectivity index (χ3v) is 2.91. The van der Waals surface area contributed by atoms with Crippen LogP contribution in [0, 0.1) is 0 Å². The summed E-state index contributed by atoms with van der Waals surface area (Å²) in [4.78, 5) is 0. The van der Waals surface area contributed by atoms with E-state index in [2.05, 4.69) is 55.1 Å². The zero-order valence-electron chi connectivity index (χ0n) is 10.5. The molecule has 0 amide bonds. The van der Waals surface area contributed by atoms with E-state index in [9.17, 15) is 0 Å². The Morgan fingerprint density at radius 1 is 0.889 bits per heavy atom. The third-order valence-electron chi connectivity index (χ3n) is 2.91. The number of benzene rings is 2. The Balaban J connectivity index is 1.95. The van der Waals surface area contributed by atoms with Gasteiger partial charge in [0.25, 0.3) is 0 Å². The highest BCUT2D eigenvalue weighted by molar-refractivity contribution is 5.63. The van der Waals surface area contributed by atoms with Gasteiger partial charge < -0.3 is 4.74 Å². The molecule has 2 rings (SSSR count). The van der Waals surface area contributed by atoms with Gasteiger partial charge in [-0.2, -0.15) is 0 Å². The van der Waals surface area contributed by atoms with Crippen LogP contribution in [0.1, 0.15) is 12.0 Å². The molecule has 0 radical (unpaired) electrons. The summed E-state index contributed by atoms with van der Waals surface area (Å²) < 4.78 is 5.11.